The van der Waals surface area contributed by atoms with Gasteiger partial charge in [-0.2, -0.15) is 0 Å². The van der Waals surface area contributed by atoms with Gasteiger partial charge in [0, 0.05) is 0 Å². The van der Waals surface area contributed by atoms with Gasteiger partial charge in [0.1, 0.15) is 5.44 Å². The number of hydrogen-bond donors (Lipinski definition) is 1. The van der Waals surface area contributed by atoms with E-state index in [0.717, 1.165) is 24.6 Å². The Hall–Kier alpha value is 0.510. The summed E-state index contributed by atoms with van der Waals surface area (Å²) in [5.74, 6) is -1.40. The van der Waals surface area contributed by atoms with Gasteiger partial charge in [0.25, 0.3) is 0 Å². The van der Waals surface area contributed by atoms with Gasteiger partial charge in [-0.1, -0.05) is 61.6 Å². The average molecular weight is 345 g/mol. The Morgan fingerprint density at radius 2 is 2.00 bits per heavy atom. The Bertz CT molecular complexity index is 178. The number of rotatable bonds is 9. The van der Waals surface area contributed by atoms with Crippen LogP contribution in [-0.2, 0) is 4.79 Å². The summed E-state index contributed by atoms with van der Waals surface area (Å²) in [6.07, 6.45) is 6.97. The van der Waals surface area contributed by atoms with Crippen LogP contribution < -0.4 is 5.11 Å². The maximum atomic E-state index is 10.3. The summed E-state index contributed by atoms with van der Waals surface area (Å²) in [5, 5.41) is 19.3. The molecule has 0 aromatic rings. The number of hydrogen-bond acceptors (Lipinski definition) is 4. The third-order valence-electron chi connectivity index (χ3n) is 2.01. The van der Waals surface area contributed by atoms with Crippen molar-refractivity contribution in [2.24, 2.45) is 0 Å². The average Bonchev–Trinajstić information content (AvgIpc) is 2.17. The van der Waals surface area contributed by atoms with Crippen LogP contribution in [0.2, 0.25) is 0 Å². The van der Waals surface area contributed by atoms with Crippen molar-refractivity contribution in [1.82, 2.24) is 0 Å². The molecule has 0 amide bonds. The van der Waals surface area contributed by atoms with Crippen LogP contribution in [-0.4, -0.2) is 19.8 Å². The van der Waals surface area contributed by atoms with Crippen LogP contribution in [0, 0.1) is 0 Å². The van der Waals surface area contributed by atoms with E-state index >= 15 is 0 Å². The quantitative estimate of drug-likeness (QED) is 0.300. The van der Waals surface area contributed by atoms with Crippen LogP contribution >= 0.6 is 34.4 Å². The molecule has 1 N–H and O–H groups in total. The Morgan fingerprint density at radius 3 is 2.53 bits per heavy atom. The van der Waals surface area contributed by atoms with Crippen molar-refractivity contribution in [3.8, 4) is 0 Å². The SMILES string of the molecule is CCCCCCCC(I)SC(O)C(=O)[O-]. The lowest BCUT2D eigenvalue weighted by atomic mass is 10.1. The monoisotopic (exact) mass is 345 g/mol. The maximum Gasteiger partial charge on any atom is 0.140 e. The smallest absolute Gasteiger partial charge is 0.140 e. The Kier molecular flexibility index (Phi) is 10.0. The molecule has 2 unspecified atom stereocenters. The van der Waals surface area contributed by atoms with E-state index in [2.05, 4.69) is 29.5 Å². The lowest BCUT2D eigenvalue weighted by molar-refractivity contribution is -0.310. The van der Waals surface area contributed by atoms with Gasteiger partial charge in [-0.3, -0.25) is 0 Å². The second kappa shape index (κ2) is 9.72. The summed E-state index contributed by atoms with van der Waals surface area (Å²) in [6.45, 7) is 2.17. The molecule has 0 rings (SSSR count). The zero-order chi connectivity index (χ0) is 11.7. The van der Waals surface area contributed by atoms with Crippen LogP contribution in [0.3, 0.4) is 0 Å². The molecule has 5 heteroatoms. The standard InChI is InChI=1S/C10H19IO3S/c1-2-3-4-5-6-7-8(11)15-10(14)9(12)13/h8,10,14H,2-7H2,1H3,(H,12,13)/p-1. The summed E-state index contributed by atoms with van der Waals surface area (Å²) < 4.78 is 0.150. The molecule has 0 spiro atoms. The summed E-state index contributed by atoms with van der Waals surface area (Å²) in [6, 6.07) is 0. The summed E-state index contributed by atoms with van der Waals surface area (Å²) in [4.78, 5) is 10.3. The zero-order valence-electron chi connectivity index (χ0n) is 8.95. The number of carbonyl (C=O) groups is 1. The van der Waals surface area contributed by atoms with E-state index in [1.165, 1.54) is 25.7 Å². The molecular weight excluding hydrogens is 327 g/mol. The van der Waals surface area contributed by atoms with Gasteiger partial charge in [-0.05, 0) is 6.42 Å². The van der Waals surface area contributed by atoms with E-state index in [4.69, 9.17) is 5.11 Å². The number of thioether (sulfide) groups is 1. The molecule has 15 heavy (non-hydrogen) atoms. The first kappa shape index (κ1) is 15.5. The Balaban J connectivity index is 3.40. The van der Waals surface area contributed by atoms with Crippen molar-refractivity contribution < 1.29 is 15.0 Å². The molecule has 0 fully saturated rings. The minimum atomic E-state index is -1.40. The normalized spacial score (nSPS) is 14.9. The van der Waals surface area contributed by atoms with Gasteiger partial charge < -0.3 is 15.0 Å². The van der Waals surface area contributed by atoms with Crippen molar-refractivity contribution in [1.29, 1.82) is 0 Å². The van der Waals surface area contributed by atoms with Crippen LogP contribution in [0.4, 0.5) is 0 Å². The fourth-order valence-corrected chi connectivity index (χ4v) is 3.14. The second-order valence-corrected chi connectivity index (χ2v) is 7.06. The molecule has 0 aliphatic carbocycles. The van der Waals surface area contributed by atoms with Gasteiger partial charge in [0.15, 0.2) is 0 Å². The molecule has 0 aliphatic rings. The number of aliphatic hydroxyl groups is 1. The van der Waals surface area contributed by atoms with E-state index in [9.17, 15) is 9.90 Å². The highest BCUT2D eigenvalue weighted by Gasteiger charge is 2.12. The number of alkyl halides is 1. The Labute approximate surface area is 109 Å². The van der Waals surface area contributed by atoms with Crippen LogP contribution in [0.25, 0.3) is 0 Å². The van der Waals surface area contributed by atoms with Crippen LogP contribution in [0.15, 0.2) is 0 Å². The minimum Gasteiger partial charge on any atom is -0.546 e. The molecule has 0 heterocycles. The van der Waals surface area contributed by atoms with Crippen molar-refractivity contribution in [2.75, 3.05) is 0 Å². The number of unbranched alkanes of at least 4 members (excludes halogenated alkanes) is 4. The van der Waals surface area contributed by atoms with Crippen molar-refractivity contribution in [2.45, 2.75) is 54.1 Å². The van der Waals surface area contributed by atoms with Gasteiger partial charge in [-0.25, -0.2) is 0 Å². The molecule has 90 valence electrons. The van der Waals surface area contributed by atoms with E-state index < -0.39 is 11.4 Å². The molecule has 3 nitrogen and oxygen atoms in total. The highest BCUT2D eigenvalue weighted by atomic mass is 127. The summed E-state index contributed by atoms with van der Waals surface area (Å²) >= 11 is 3.21. The first-order valence-electron chi connectivity index (χ1n) is 5.26. The molecule has 0 aliphatic heterocycles. The van der Waals surface area contributed by atoms with E-state index in [0.29, 0.717) is 0 Å². The van der Waals surface area contributed by atoms with Gasteiger partial charge in [0.2, 0.25) is 0 Å². The topological polar surface area (TPSA) is 60.4 Å². The van der Waals surface area contributed by atoms with Crippen molar-refractivity contribution in [3.05, 3.63) is 0 Å². The first-order valence-corrected chi connectivity index (χ1v) is 7.45. The number of carboxylic acids is 1. The summed E-state index contributed by atoms with van der Waals surface area (Å²) in [5.41, 5.74) is -1.39. The number of carbonyl (C=O) groups excluding carboxylic acids is 1. The fourth-order valence-electron chi connectivity index (χ4n) is 1.17. The lowest BCUT2D eigenvalue weighted by Gasteiger charge is -2.15. The van der Waals surface area contributed by atoms with Crippen LogP contribution in [0.1, 0.15) is 45.4 Å². The Morgan fingerprint density at radius 1 is 1.40 bits per heavy atom. The fraction of sp³-hybridized carbons (Fsp3) is 0.900. The zero-order valence-corrected chi connectivity index (χ0v) is 11.9. The largest absolute Gasteiger partial charge is 0.546 e. The van der Waals surface area contributed by atoms with E-state index in [1.807, 2.05) is 0 Å². The number of aliphatic hydroxyl groups excluding tert-OH is 1. The first-order chi connectivity index (χ1) is 7.07. The highest BCUT2D eigenvalue weighted by Crippen LogP contribution is 2.26. The third kappa shape index (κ3) is 9.44. The van der Waals surface area contributed by atoms with Crippen LogP contribution in [0.5, 0.6) is 0 Å². The van der Waals surface area contributed by atoms with Gasteiger partial charge in [-0.15, -0.1) is 11.8 Å². The second-order valence-electron chi connectivity index (χ2n) is 3.42. The minimum absolute atomic E-state index is 0.150. The van der Waals surface area contributed by atoms with Crippen molar-refractivity contribution in [3.63, 3.8) is 0 Å². The number of halogens is 1. The lowest BCUT2D eigenvalue weighted by Crippen LogP contribution is -2.34. The number of aliphatic carboxylic acids is 1. The predicted molar refractivity (Wildman–Crippen MR) is 69.8 cm³/mol. The number of carboxylic acid groups (broad SMARTS) is 1. The third-order valence-corrected chi connectivity index (χ3v) is 4.50. The van der Waals surface area contributed by atoms with Gasteiger partial charge in [0.05, 0.1) is 9.23 Å². The maximum absolute atomic E-state index is 10.3. The predicted octanol–water partition coefficient (Wildman–Crippen LogP) is 1.91. The molecule has 2 atom stereocenters. The van der Waals surface area contributed by atoms with Crippen molar-refractivity contribution >= 4 is 40.3 Å². The molecule has 0 aromatic carbocycles. The molecule has 0 saturated heterocycles. The molecular formula is C10H18IO3S-. The molecule has 0 saturated carbocycles. The summed E-state index contributed by atoms with van der Waals surface area (Å²) in [7, 11) is 0. The van der Waals surface area contributed by atoms with E-state index in [1.54, 1.807) is 0 Å². The highest BCUT2D eigenvalue weighted by molar-refractivity contribution is 14.1. The molecule has 0 radical (unpaired) electrons. The molecule has 0 bridgehead atoms. The van der Waals surface area contributed by atoms with E-state index in [-0.39, 0.29) is 3.26 Å². The van der Waals surface area contributed by atoms with Gasteiger partial charge >= 0.3 is 0 Å². The molecule has 0 aromatic heterocycles.